The van der Waals surface area contributed by atoms with Gasteiger partial charge in [-0.2, -0.15) is 0 Å². The van der Waals surface area contributed by atoms with Gasteiger partial charge in [-0.25, -0.2) is 4.98 Å². The van der Waals surface area contributed by atoms with Crippen molar-refractivity contribution in [3.8, 4) is 0 Å². The highest BCUT2D eigenvalue weighted by Crippen LogP contribution is 2.29. The molecule has 1 fully saturated rings. The van der Waals surface area contributed by atoms with E-state index in [0.29, 0.717) is 5.92 Å². The van der Waals surface area contributed by atoms with Gasteiger partial charge in [0.1, 0.15) is 11.9 Å². The zero-order valence-electron chi connectivity index (χ0n) is 13.9. The number of aliphatic hydroxyl groups is 1. The van der Waals surface area contributed by atoms with Crippen molar-refractivity contribution in [2.24, 2.45) is 13.0 Å². The highest BCUT2D eigenvalue weighted by molar-refractivity contribution is 5.14. The van der Waals surface area contributed by atoms with Crippen molar-refractivity contribution >= 4 is 0 Å². The molecule has 0 aliphatic carbocycles. The standard InChI is InChI=1S/C19H27N3O/c1-21-15-11-20-19(21)18(23)17-9-13-22(14-10-17)12-5-8-16-6-3-2-4-7-16/h2-4,6-7,11,15,17-18,23H,5,8-10,12-14H2,1H3. The second-order valence-electron chi connectivity index (χ2n) is 6.61. The van der Waals surface area contributed by atoms with Crippen LogP contribution >= 0.6 is 0 Å². The molecule has 2 aromatic rings. The van der Waals surface area contributed by atoms with Gasteiger partial charge in [0, 0.05) is 19.4 Å². The molecule has 4 nitrogen and oxygen atoms in total. The van der Waals surface area contributed by atoms with Gasteiger partial charge in [0.05, 0.1) is 0 Å². The van der Waals surface area contributed by atoms with Crippen molar-refractivity contribution in [2.75, 3.05) is 19.6 Å². The number of hydrogen-bond donors (Lipinski definition) is 1. The zero-order chi connectivity index (χ0) is 16.1. The first-order valence-electron chi connectivity index (χ1n) is 8.65. The van der Waals surface area contributed by atoms with Crippen LogP contribution in [0.4, 0.5) is 0 Å². The minimum absolute atomic E-state index is 0.335. The Kier molecular flexibility index (Phi) is 5.47. The van der Waals surface area contributed by atoms with Gasteiger partial charge in [0.2, 0.25) is 0 Å². The van der Waals surface area contributed by atoms with E-state index >= 15 is 0 Å². The summed E-state index contributed by atoms with van der Waals surface area (Å²) < 4.78 is 1.93. The van der Waals surface area contributed by atoms with Crippen molar-refractivity contribution in [2.45, 2.75) is 31.8 Å². The molecule has 0 radical (unpaired) electrons. The molecule has 1 aromatic heterocycles. The van der Waals surface area contributed by atoms with Crippen molar-refractivity contribution in [1.29, 1.82) is 0 Å². The second kappa shape index (κ2) is 7.75. The maximum atomic E-state index is 10.5. The Morgan fingerprint density at radius 2 is 1.96 bits per heavy atom. The van der Waals surface area contributed by atoms with Gasteiger partial charge in [0.15, 0.2) is 0 Å². The van der Waals surface area contributed by atoms with Gasteiger partial charge < -0.3 is 14.6 Å². The van der Waals surface area contributed by atoms with Crippen LogP contribution in [0.1, 0.15) is 36.8 Å². The molecule has 3 rings (SSSR count). The Labute approximate surface area is 138 Å². The van der Waals surface area contributed by atoms with Gasteiger partial charge in [0.25, 0.3) is 0 Å². The Morgan fingerprint density at radius 1 is 1.22 bits per heavy atom. The van der Waals surface area contributed by atoms with Crippen LogP contribution in [-0.4, -0.2) is 39.2 Å². The molecule has 4 heteroatoms. The van der Waals surface area contributed by atoms with E-state index in [-0.39, 0.29) is 0 Å². The second-order valence-corrected chi connectivity index (χ2v) is 6.61. The number of aliphatic hydroxyl groups excluding tert-OH is 1. The lowest BCUT2D eigenvalue weighted by molar-refractivity contribution is 0.0509. The maximum Gasteiger partial charge on any atom is 0.137 e. The minimum Gasteiger partial charge on any atom is -0.385 e. The number of piperidine rings is 1. The number of imidazole rings is 1. The molecule has 124 valence electrons. The van der Waals surface area contributed by atoms with Crippen molar-refractivity contribution in [1.82, 2.24) is 14.5 Å². The van der Waals surface area contributed by atoms with Gasteiger partial charge in [-0.1, -0.05) is 30.3 Å². The average molecular weight is 313 g/mol. The van der Waals surface area contributed by atoms with E-state index in [2.05, 4.69) is 40.2 Å². The first-order chi connectivity index (χ1) is 11.2. The Balaban J connectivity index is 1.41. The number of likely N-dealkylation sites (tertiary alicyclic amines) is 1. The molecule has 1 saturated heterocycles. The quantitative estimate of drug-likeness (QED) is 0.891. The summed E-state index contributed by atoms with van der Waals surface area (Å²) in [5.74, 6) is 1.13. The van der Waals surface area contributed by atoms with Crippen LogP contribution in [0.5, 0.6) is 0 Å². The first-order valence-corrected chi connectivity index (χ1v) is 8.65. The van der Waals surface area contributed by atoms with Gasteiger partial charge in [-0.15, -0.1) is 0 Å². The predicted molar refractivity (Wildman–Crippen MR) is 92.1 cm³/mol. The molecule has 0 saturated carbocycles. The van der Waals surface area contributed by atoms with Crippen LogP contribution in [-0.2, 0) is 13.5 Å². The van der Waals surface area contributed by atoms with Crippen LogP contribution in [0.15, 0.2) is 42.7 Å². The number of benzene rings is 1. The maximum absolute atomic E-state index is 10.5. The molecule has 0 spiro atoms. The molecule has 1 atom stereocenters. The third kappa shape index (κ3) is 4.21. The summed E-state index contributed by atoms with van der Waals surface area (Å²) in [6.45, 7) is 3.32. The summed E-state index contributed by atoms with van der Waals surface area (Å²) in [6.07, 6.45) is 7.70. The topological polar surface area (TPSA) is 41.3 Å². The summed E-state index contributed by atoms with van der Waals surface area (Å²) in [5, 5.41) is 10.5. The molecule has 1 aliphatic rings. The number of nitrogens with zero attached hydrogens (tertiary/aromatic N) is 3. The van der Waals surface area contributed by atoms with Gasteiger partial charge in [-0.3, -0.25) is 0 Å². The van der Waals surface area contributed by atoms with Crippen LogP contribution in [0.2, 0.25) is 0 Å². The summed E-state index contributed by atoms with van der Waals surface area (Å²) in [5.41, 5.74) is 1.42. The number of aryl methyl sites for hydroxylation is 2. The van der Waals surface area contributed by atoms with E-state index < -0.39 is 6.10 Å². The first kappa shape index (κ1) is 16.2. The van der Waals surface area contributed by atoms with Gasteiger partial charge >= 0.3 is 0 Å². The number of aromatic nitrogens is 2. The normalized spacial score (nSPS) is 18.2. The zero-order valence-corrected chi connectivity index (χ0v) is 13.9. The van der Waals surface area contributed by atoms with E-state index in [4.69, 9.17) is 0 Å². The average Bonchev–Trinajstić information content (AvgIpc) is 3.02. The fourth-order valence-corrected chi connectivity index (χ4v) is 3.52. The molecule has 0 bridgehead atoms. The monoisotopic (exact) mass is 313 g/mol. The molecular weight excluding hydrogens is 286 g/mol. The van der Waals surface area contributed by atoms with Crippen molar-refractivity contribution < 1.29 is 5.11 Å². The van der Waals surface area contributed by atoms with E-state index in [1.54, 1.807) is 6.20 Å². The summed E-state index contributed by atoms with van der Waals surface area (Å²) in [7, 11) is 1.95. The highest BCUT2D eigenvalue weighted by atomic mass is 16.3. The summed E-state index contributed by atoms with van der Waals surface area (Å²) in [6, 6.07) is 10.7. The summed E-state index contributed by atoms with van der Waals surface area (Å²) in [4.78, 5) is 6.82. The molecular formula is C19H27N3O. The van der Waals surface area contributed by atoms with E-state index in [0.717, 1.165) is 44.7 Å². The number of hydrogen-bond acceptors (Lipinski definition) is 3. The van der Waals surface area contributed by atoms with Crippen LogP contribution in [0, 0.1) is 5.92 Å². The van der Waals surface area contributed by atoms with Gasteiger partial charge in [-0.05, 0) is 56.8 Å². The third-order valence-electron chi connectivity index (χ3n) is 4.98. The van der Waals surface area contributed by atoms with E-state index in [1.807, 2.05) is 17.8 Å². The molecule has 1 aromatic carbocycles. The SMILES string of the molecule is Cn1ccnc1C(O)C1CCN(CCCc2ccccc2)CC1. The highest BCUT2D eigenvalue weighted by Gasteiger charge is 2.28. The largest absolute Gasteiger partial charge is 0.385 e. The lowest BCUT2D eigenvalue weighted by Crippen LogP contribution is -2.36. The summed E-state index contributed by atoms with van der Waals surface area (Å²) >= 11 is 0. The fourth-order valence-electron chi connectivity index (χ4n) is 3.52. The van der Waals surface area contributed by atoms with Crippen LogP contribution in [0.25, 0.3) is 0 Å². The molecule has 1 unspecified atom stereocenters. The Morgan fingerprint density at radius 3 is 2.61 bits per heavy atom. The number of rotatable bonds is 6. The van der Waals surface area contributed by atoms with Crippen LogP contribution < -0.4 is 0 Å². The molecule has 23 heavy (non-hydrogen) atoms. The Bertz CT molecular complexity index is 588. The fraction of sp³-hybridized carbons (Fsp3) is 0.526. The smallest absolute Gasteiger partial charge is 0.137 e. The molecule has 1 N–H and O–H groups in total. The molecule has 0 amide bonds. The van der Waals surface area contributed by atoms with Crippen molar-refractivity contribution in [3.63, 3.8) is 0 Å². The third-order valence-corrected chi connectivity index (χ3v) is 4.98. The van der Waals surface area contributed by atoms with E-state index in [1.165, 1.54) is 12.0 Å². The van der Waals surface area contributed by atoms with Crippen LogP contribution in [0.3, 0.4) is 0 Å². The minimum atomic E-state index is -0.429. The lowest BCUT2D eigenvalue weighted by Gasteiger charge is -2.34. The molecule has 1 aliphatic heterocycles. The molecule has 2 heterocycles. The van der Waals surface area contributed by atoms with E-state index in [9.17, 15) is 5.11 Å². The van der Waals surface area contributed by atoms with Crippen molar-refractivity contribution in [3.05, 3.63) is 54.1 Å². The lowest BCUT2D eigenvalue weighted by atomic mass is 9.90. The Hall–Kier alpha value is -1.65. The predicted octanol–water partition coefficient (Wildman–Crippen LogP) is 2.80.